The van der Waals surface area contributed by atoms with Gasteiger partial charge in [0.15, 0.2) is 0 Å². The number of hydrogen-bond donors (Lipinski definition) is 1. The molecule has 1 aromatic heterocycles. The van der Waals surface area contributed by atoms with Crippen LogP contribution in [-0.4, -0.2) is 27.4 Å². The van der Waals surface area contributed by atoms with Crippen molar-refractivity contribution in [2.75, 3.05) is 18.0 Å². The van der Waals surface area contributed by atoms with E-state index in [0.717, 1.165) is 49.0 Å². The summed E-state index contributed by atoms with van der Waals surface area (Å²) in [5, 5.41) is 0. The summed E-state index contributed by atoms with van der Waals surface area (Å²) < 4.78 is 4.39. The van der Waals surface area contributed by atoms with Crippen LogP contribution in [0.15, 0.2) is 89.0 Å². The molecule has 190 valence electrons. The molecule has 2 heterocycles. The molecule has 6 nitrogen and oxygen atoms in total. The quantitative estimate of drug-likeness (QED) is 0.360. The van der Waals surface area contributed by atoms with Gasteiger partial charge in [-0.2, -0.15) is 0 Å². The topological polar surface area (TPSA) is 59.4 Å². The summed E-state index contributed by atoms with van der Waals surface area (Å²) in [6, 6.07) is 18.4. The molecule has 4 rings (SSSR count). The normalized spacial score (nSPS) is 14.9. The van der Waals surface area contributed by atoms with Crippen molar-refractivity contribution in [3.8, 4) is 5.69 Å². The van der Waals surface area contributed by atoms with Crippen LogP contribution in [0, 0.1) is 5.92 Å². The highest BCUT2D eigenvalue weighted by atomic mass is 79.9. The lowest BCUT2D eigenvalue weighted by atomic mass is 9.90. The second kappa shape index (κ2) is 12.3. The van der Waals surface area contributed by atoms with Crippen LogP contribution in [0.5, 0.6) is 0 Å². The minimum absolute atomic E-state index is 0.00494. The smallest absolute Gasteiger partial charge is 0.286 e. The molecule has 0 saturated carbocycles. The summed E-state index contributed by atoms with van der Waals surface area (Å²) in [5.74, 6) is 0.771. The molecule has 0 bridgehead atoms. The molecule has 3 aromatic rings. The maximum atomic E-state index is 12.9. The first-order valence-corrected chi connectivity index (χ1v) is 13.4. The fourth-order valence-corrected chi connectivity index (χ4v) is 5.62. The van der Waals surface area contributed by atoms with Crippen LogP contribution in [0.2, 0.25) is 0 Å². The summed E-state index contributed by atoms with van der Waals surface area (Å²) in [6.45, 7) is 6.76. The molecule has 1 aliphatic rings. The highest BCUT2D eigenvalue weighted by Crippen LogP contribution is 2.26. The van der Waals surface area contributed by atoms with Gasteiger partial charge in [0.05, 0.1) is 11.4 Å². The summed E-state index contributed by atoms with van der Waals surface area (Å²) in [7, 11) is 1.97. The third-order valence-corrected chi connectivity index (χ3v) is 7.96. The van der Waals surface area contributed by atoms with Crippen molar-refractivity contribution >= 4 is 21.6 Å². The lowest BCUT2D eigenvalue weighted by Gasteiger charge is -2.32. The summed E-state index contributed by atoms with van der Waals surface area (Å²) in [5.41, 5.74) is 9.85. The van der Waals surface area contributed by atoms with Gasteiger partial charge in [-0.15, -0.1) is 0 Å². The average Bonchev–Trinajstić information content (AvgIpc) is 3.12. The molecule has 2 aromatic carbocycles. The lowest BCUT2D eigenvalue weighted by molar-refractivity contribution is 0.167. The molecule has 0 unspecified atom stereocenters. The number of anilines is 1. The first kappa shape index (κ1) is 26.0. The Morgan fingerprint density at radius 2 is 1.81 bits per heavy atom. The zero-order valence-electron chi connectivity index (χ0n) is 21.0. The highest BCUT2D eigenvalue weighted by molar-refractivity contribution is 9.10. The fourth-order valence-electron chi connectivity index (χ4n) is 5.07. The van der Waals surface area contributed by atoms with E-state index < -0.39 is 0 Å². The van der Waals surface area contributed by atoms with Gasteiger partial charge in [0.2, 0.25) is 0 Å². The van der Waals surface area contributed by atoms with Gasteiger partial charge in [-0.3, -0.25) is 14.4 Å². The van der Waals surface area contributed by atoms with Gasteiger partial charge < -0.3 is 10.6 Å². The molecule has 1 saturated heterocycles. The van der Waals surface area contributed by atoms with Crippen LogP contribution in [-0.2, 0) is 20.0 Å². The van der Waals surface area contributed by atoms with Gasteiger partial charge >= 0.3 is 0 Å². The van der Waals surface area contributed by atoms with Crippen molar-refractivity contribution in [2.45, 2.75) is 38.6 Å². The zero-order chi connectivity index (χ0) is 25.5. The van der Waals surface area contributed by atoms with Crippen molar-refractivity contribution in [2.24, 2.45) is 18.7 Å². The average molecular weight is 551 g/mol. The number of hydrogen-bond acceptors (Lipinski definition) is 4. The van der Waals surface area contributed by atoms with Crippen LogP contribution < -0.4 is 16.2 Å². The SMILES string of the molecule is C=CN(/C=C\N)c1ccc(CCCC2CCN(Cc3c(Br)c(=O)n(-c4ccccc4)n3C)CC2)cc1. The number of aromatic nitrogens is 2. The number of halogens is 1. The first-order valence-electron chi connectivity index (χ1n) is 12.6. The number of nitrogens with zero attached hydrogens (tertiary/aromatic N) is 4. The number of benzene rings is 2. The van der Waals surface area contributed by atoms with Gasteiger partial charge in [-0.1, -0.05) is 43.3 Å². The number of nitrogens with two attached hydrogens (primary N) is 1. The van der Waals surface area contributed by atoms with E-state index in [1.54, 1.807) is 17.1 Å². The molecular weight excluding hydrogens is 514 g/mol. The van der Waals surface area contributed by atoms with Crippen molar-refractivity contribution in [3.05, 3.63) is 106 Å². The standard InChI is InChI=1S/C29H36BrN5O/c1-3-34(21-18-31)25-14-12-23(13-15-25)8-7-9-24-16-19-33(20-17-24)22-27-28(30)29(36)35(32(27)2)26-10-5-4-6-11-26/h3-6,10-15,18,21,24H,1,7-9,16-17,19-20,22,31H2,2H3/b21-18-. The summed E-state index contributed by atoms with van der Waals surface area (Å²) >= 11 is 3.57. The number of likely N-dealkylation sites (tertiary alicyclic amines) is 1. The Bertz CT molecular complexity index is 1220. The van der Waals surface area contributed by atoms with Crippen molar-refractivity contribution in [1.29, 1.82) is 0 Å². The molecule has 36 heavy (non-hydrogen) atoms. The minimum atomic E-state index is -0.00494. The first-order chi connectivity index (χ1) is 17.5. The van der Waals surface area contributed by atoms with Gasteiger partial charge in [0.25, 0.3) is 5.56 Å². The van der Waals surface area contributed by atoms with E-state index in [0.29, 0.717) is 4.47 Å². The molecule has 0 aliphatic carbocycles. The molecule has 0 atom stereocenters. The van der Waals surface area contributed by atoms with Gasteiger partial charge in [0, 0.05) is 37.9 Å². The van der Waals surface area contributed by atoms with Crippen LogP contribution >= 0.6 is 15.9 Å². The third-order valence-electron chi connectivity index (χ3n) is 7.16. The minimum Gasteiger partial charge on any atom is -0.403 e. The van der Waals surface area contributed by atoms with E-state index in [1.807, 2.05) is 47.0 Å². The Balaban J connectivity index is 1.26. The highest BCUT2D eigenvalue weighted by Gasteiger charge is 2.23. The molecule has 0 radical (unpaired) electrons. The Morgan fingerprint density at radius 1 is 1.11 bits per heavy atom. The van der Waals surface area contributed by atoms with Crippen LogP contribution in [0.25, 0.3) is 5.69 Å². The van der Waals surface area contributed by atoms with E-state index in [4.69, 9.17) is 5.73 Å². The van der Waals surface area contributed by atoms with Crippen LogP contribution in [0.4, 0.5) is 5.69 Å². The number of piperidine rings is 1. The van der Waals surface area contributed by atoms with Gasteiger partial charge in [0.1, 0.15) is 4.47 Å². The van der Waals surface area contributed by atoms with Gasteiger partial charge in [-0.05, 0) is 90.4 Å². The number of para-hydroxylation sites is 1. The Labute approximate surface area is 222 Å². The van der Waals surface area contributed by atoms with E-state index in [-0.39, 0.29) is 5.56 Å². The fraction of sp³-hybridized carbons (Fsp3) is 0.345. The Hall–Kier alpha value is -3.03. The van der Waals surface area contributed by atoms with E-state index >= 15 is 0 Å². The van der Waals surface area contributed by atoms with Crippen LogP contribution in [0.1, 0.15) is 36.9 Å². The van der Waals surface area contributed by atoms with Crippen molar-refractivity contribution in [3.63, 3.8) is 0 Å². The second-order valence-electron chi connectivity index (χ2n) is 9.45. The maximum Gasteiger partial charge on any atom is 0.286 e. The second-order valence-corrected chi connectivity index (χ2v) is 10.2. The molecule has 0 amide bonds. The Kier molecular flexibility index (Phi) is 8.88. The van der Waals surface area contributed by atoms with Crippen LogP contribution in [0.3, 0.4) is 0 Å². The third kappa shape index (κ3) is 6.02. The molecule has 2 N–H and O–H groups in total. The largest absolute Gasteiger partial charge is 0.403 e. The molecule has 1 aliphatic heterocycles. The molecule has 7 heteroatoms. The van der Waals surface area contributed by atoms with E-state index in [9.17, 15) is 4.79 Å². The Morgan fingerprint density at radius 3 is 2.44 bits per heavy atom. The van der Waals surface area contributed by atoms with Crippen molar-refractivity contribution < 1.29 is 0 Å². The predicted octanol–water partition coefficient (Wildman–Crippen LogP) is 5.55. The molecule has 1 fully saturated rings. The van der Waals surface area contributed by atoms with E-state index in [1.165, 1.54) is 37.4 Å². The lowest BCUT2D eigenvalue weighted by Crippen LogP contribution is -2.34. The molecule has 0 spiro atoms. The summed E-state index contributed by atoms with van der Waals surface area (Å²) in [6.07, 6.45) is 11.1. The van der Waals surface area contributed by atoms with E-state index in [2.05, 4.69) is 51.7 Å². The monoisotopic (exact) mass is 549 g/mol. The zero-order valence-corrected chi connectivity index (χ0v) is 22.6. The van der Waals surface area contributed by atoms with Gasteiger partial charge in [-0.25, -0.2) is 4.68 Å². The summed E-state index contributed by atoms with van der Waals surface area (Å²) in [4.78, 5) is 17.3. The number of rotatable bonds is 10. The molecular formula is C29H36BrN5O. The van der Waals surface area contributed by atoms with Crippen molar-refractivity contribution in [1.82, 2.24) is 14.3 Å². The maximum absolute atomic E-state index is 12.9. The number of aryl methyl sites for hydroxylation is 1. The predicted molar refractivity (Wildman–Crippen MR) is 152 cm³/mol.